The molecule has 7 aromatic carbocycles. The average molecular weight is 1850 g/mol. The molecular formula is C117H163BN11O3PS. The Hall–Kier alpha value is -11.1. The van der Waals surface area contributed by atoms with Gasteiger partial charge in [0.1, 0.15) is 24.6 Å². The van der Waals surface area contributed by atoms with Gasteiger partial charge in [0.2, 0.25) is 0 Å². The van der Waals surface area contributed by atoms with E-state index in [9.17, 15) is 4.57 Å². The fourth-order valence-corrected chi connectivity index (χ4v) is 15.6. The van der Waals surface area contributed by atoms with E-state index < -0.39 is 7.14 Å². The van der Waals surface area contributed by atoms with E-state index in [1.165, 1.54) is 49.8 Å². The molecule has 8 heterocycles. The smallest absolute Gasteiger partial charge is 0.403 e. The molecule has 17 heteroatoms. The minimum Gasteiger partial charge on any atom is -0.403 e. The molecule has 15 rings (SSSR count). The summed E-state index contributed by atoms with van der Waals surface area (Å²) >= 11 is 1.83. The zero-order valence-electron chi connectivity index (χ0n) is 85.1. The van der Waals surface area contributed by atoms with Crippen LogP contribution in [0.5, 0.6) is 0 Å². The molecule has 0 saturated carbocycles. The highest BCUT2D eigenvalue weighted by molar-refractivity contribution is 7.79. The lowest BCUT2D eigenvalue weighted by molar-refractivity contribution is 0.00578. The second-order valence-electron chi connectivity index (χ2n) is 36.2. The number of benzene rings is 7. The average Bonchev–Trinajstić information content (AvgIpc) is 1.72. The Bertz CT molecular complexity index is 4940. The van der Waals surface area contributed by atoms with Crippen LogP contribution in [0.15, 0.2) is 328 Å². The second-order valence-corrected chi connectivity index (χ2v) is 40.6. The molecule has 0 unspecified atom stereocenters. The number of nitrogens with zero attached hydrogens (tertiary/aromatic N) is 11. The summed E-state index contributed by atoms with van der Waals surface area (Å²) in [6, 6.07) is 86.1. The summed E-state index contributed by atoms with van der Waals surface area (Å²) in [5, 5.41) is 4.01. The normalized spacial score (nSPS) is 11.8. The van der Waals surface area contributed by atoms with Crippen molar-refractivity contribution >= 4 is 53.3 Å². The van der Waals surface area contributed by atoms with Crippen LogP contribution < -0.4 is 15.5 Å². The lowest BCUT2D eigenvalue weighted by atomic mass is 9.75. The van der Waals surface area contributed by atoms with Crippen LogP contribution in [0.2, 0.25) is 5.82 Å². The monoisotopic (exact) mass is 1840 g/mol. The van der Waals surface area contributed by atoms with Gasteiger partial charge >= 0.3 is 7.12 Å². The van der Waals surface area contributed by atoms with E-state index >= 15 is 0 Å². The van der Waals surface area contributed by atoms with Crippen LogP contribution in [0.25, 0.3) is 11.4 Å². The highest BCUT2D eigenvalue weighted by atomic mass is 32.1. The van der Waals surface area contributed by atoms with E-state index in [1.807, 2.05) is 230 Å². The molecule has 1 saturated heterocycles. The fraction of sp³-hybridized carbons (Fsp3) is 0.385. The van der Waals surface area contributed by atoms with Crippen LogP contribution >= 0.6 is 18.5 Å². The Balaban J connectivity index is 0.000000505. The lowest BCUT2D eigenvalue weighted by Gasteiger charge is -2.32. The SMILES string of the molecule is C.C.CC.CC(C)B1OC(C)(C)C(C)(C)O1.CC(C)P(=O)(c1ccccc1)c1ccccc1.CC(C)c1ccc(N(c2ccccc2)c2ccccc2)cc1.CC(C)c1ccccc1.CC(C)c1ccccn1.CC(C)c1cccnc1.CC(C)c1cccs1.CC(C)c1cnc(-c2ccccc2)nc1.CC(C)c1ncccn1.Cc1cnc(C(C)C)nc1.Cc1ncc(C(C)C)cn1. The molecule has 1 aliphatic rings. The summed E-state index contributed by atoms with van der Waals surface area (Å²) in [4.78, 5) is 45.3. The van der Waals surface area contributed by atoms with Crippen molar-refractivity contribution < 1.29 is 13.9 Å². The van der Waals surface area contributed by atoms with E-state index in [-0.39, 0.29) is 38.8 Å². The van der Waals surface area contributed by atoms with E-state index in [2.05, 4.69) is 354 Å². The molecule has 0 atom stereocenters. The van der Waals surface area contributed by atoms with Crippen molar-refractivity contribution in [3.63, 3.8) is 0 Å². The number of pyridine rings is 2. The van der Waals surface area contributed by atoms with Crippen molar-refractivity contribution in [3.8, 4) is 11.4 Å². The predicted molar refractivity (Wildman–Crippen MR) is 581 cm³/mol. The van der Waals surface area contributed by atoms with Crippen LogP contribution in [0.4, 0.5) is 17.1 Å². The van der Waals surface area contributed by atoms with Gasteiger partial charge in [0.25, 0.3) is 0 Å². The number of hydrogen-bond acceptors (Lipinski definition) is 15. The van der Waals surface area contributed by atoms with Crippen LogP contribution in [0.3, 0.4) is 0 Å². The van der Waals surface area contributed by atoms with Gasteiger partial charge in [-0.15, -0.1) is 11.3 Å². The van der Waals surface area contributed by atoms with Gasteiger partial charge in [-0.1, -0.05) is 369 Å². The number of thiophene rings is 1. The van der Waals surface area contributed by atoms with Gasteiger partial charge < -0.3 is 18.8 Å². The zero-order valence-corrected chi connectivity index (χ0v) is 86.8. The van der Waals surface area contributed by atoms with Crippen molar-refractivity contribution in [2.75, 3.05) is 4.90 Å². The summed E-state index contributed by atoms with van der Waals surface area (Å²) in [6.45, 7) is 63.3. The Labute approximate surface area is 816 Å². The summed E-state index contributed by atoms with van der Waals surface area (Å²) in [7, 11) is -2.54. The maximum Gasteiger partial charge on any atom is 0.460 e. The van der Waals surface area contributed by atoms with Gasteiger partial charge in [-0.2, -0.15) is 0 Å². The van der Waals surface area contributed by atoms with Gasteiger partial charge in [-0.25, -0.2) is 39.9 Å². The number of anilines is 3. The lowest BCUT2D eigenvalue weighted by Crippen LogP contribution is -2.41. The van der Waals surface area contributed by atoms with E-state index in [4.69, 9.17) is 9.31 Å². The predicted octanol–water partition coefficient (Wildman–Crippen LogP) is 33.3. The molecule has 0 radical (unpaired) electrons. The molecule has 0 amide bonds. The largest absolute Gasteiger partial charge is 0.460 e. The molecule has 0 spiro atoms. The minimum absolute atomic E-state index is 0. The maximum absolute atomic E-state index is 13.3. The first-order valence-corrected chi connectivity index (χ1v) is 49.7. The van der Waals surface area contributed by atoms with Crippen LogP contribution in [0, 0.1) is 13.8 Å². The van der Waals surface area contributed by atoms with Gasteiger partial charge in [0.15, 0.2) is 5.82 Å². The van der Waals surface area contributed by atoms with Crippen molar-refractivity contribution in [1.82, 2.24) is 49.8 Å². The molecule has 14 nitrogen and oxygen atoms in total. The number of hydrogen-bond donors (Lipinski definition) is 0. The first kappa shape index (κ1) is 119. The Kier molecular flexibility index (Phi) is 56.8. The number of rotatable bonds is 17. The number of para-hydroxylation sites is 2. The van der Waals surface area contributed by atoms with E-state index in [0.29, 0.717) is 59.1 Å². The third-order valence-corrected chi connectivity index (χ3v) is 25.9. The van der Waals surface area contributed by atoms with Crippen molar-refractivity contribution in [2.45, 2.75) is 299 Å². The van der Waals surface area contributed by atoms with Crippen LogP contribution in [0.1, 0.15) is 323 Å². The number of aromatic nitrogens is 10. The molecule has 134 heavy (non-hydrogen) atoms. The van der Waals surface area contributed by atoms with Crippen molar-refractivity contribution in [1.29, 1.82) is 0 Å². The van der Waals surface area contributed by atoms with E-state index in [0.717, 1.165) is 50.7 Å². The molecule has 7 aromatic heterocycles. The van der Waals surface area contributed by atoms with Crippen molar-refractivity contribution in [3.05, 3.63) is 390 Å². The van der Waals surface area contributed by atoms with Gasteiger partial charge in [0.05, 0.1) is 11.2 Å². The third kappa shape index (κ3) is 43.0. The number of aryl methyl sites for hydroxylation is 2. The van der Waals surface area contributed by atoms with E-state index in [1.54, 1.807) is 18.6 Å². The highest BCUT2D eigenvalue weighted by Crippen LogP contribution is 2.48. The molecule has 0 aliphatic carbocycles. The topological polar surface area (TPSA) is 168 Å². The molecule has 0 N–H and O–H groups in total. The molecule has 1 fully saturated rings. The molecule has 718 valence electrons. The Morgan fingerprint density at radius 3 is 1.01 bits per heavy atom. The van der Waals surface area contributed by atoms with Crippen LogP contribution in [-0.4, -0.2) is 73.8 Å². The standard InChI is InChI=1S/C21H21N.C15H17OP.C13H14N2.C9H19BO2.C9H12.2C8H12N2.2C8H11N.C7H10N2.C7H10S.C2H6.2CH4/c1-17(2)18-13-15-21(16-14-18)22(19-9-5-3-6-10-19)20-11-7-4-8-12-20;1-13(2)17(16,14-9-5-3-6-10-14)15-11-7-4-8-12-15;1-10(2)12-8-14-13(15-9-12)11-6-4-3-5-7-11;1-7(2)10-11-8(3,4)9(5,6)12-10;1-8(2)9-6-4-3-5-7-9;1-6(2)8-4-9-7(3)10-5-8;1-6(2)8-9-4-7(3)5-10-8;1-7(2)8-4-3-5-9-6-8;1-7(2)8-5-3-4-6-9-8;1-6(2)7-8-4-3-5-9-7;1-6(2)7-4-3-5-8-7;1-2;;/h3-17H,1-2H3;3-13H,1-2H3;3-10H,1-2H3;7H,1-6H3;3-8H,1-2H3;2*4-6H,1-3H3;2*3-7H,1-2H3;3-6H,1-2H3;3-6H,1-2H3;1-2H3;2*1H4. The molecular weight excluding hydrogens is 1680 g/mol. The van der Waals surface area contributed by atoms with Crippen molar-refractivity contribution in [2.24, 2.45) is 0 Å². The molecule has 0 bridgehead atoms. The zero-order chi connectivity index (χ0) is 97.8. The maximum atomic E-state index is 13.3. The van der Waals surface area contributed by atoms with Gasteiger partial charge in [0, 0.05) is 129 Å². The first-order valence-electron chi connectivity index (χ1n) is 47.0. The molecule has 14 aromatic rings. The summed E-state index contributed by atoms with van der Waals surface area (Å²) in [6.07, 6.45) is 20.3. The van der Waals surface area contributed by atoms with Gasteiger partial charge in [-0.05, 0) is 194 Å². The quantitative estimate of drug-likeness (QED) is 0.0624. The second kappa shape index (κ2) is 63.9. The first-order chi connectivity index (χ1) is 62.9. The summed E-state index contributed by atoms with van der Waals surface area (Å²) in [5.74, 6) is 8.82. The summed E-state index contributed by atoms with van der Waals surface area (Å²) in [5.41, 5.74) is 13.1. The van der Waals surface area contributed by atoms with Gasteiger partial charge in [-0.3, -0.25) is 9.97 Å². The Morgan fingerprint density at radius 2 is 0.701 bits per heavy atom. The Morgan fingerprint density at radius 1 is 0.328 bits per heavy atom. The molecule has 1 aliphatic heterocycles. The third-order valence-electron chi connectivity index (χ3n) is 21.1. The fourth-order valence-electron chi connectivity index (χ4n) is 12.1. The highest BCUT2D eigenvalue weighted by Gasteiger charge is 2.52. The minimum atomic E-state index is -2.50. The summed E-state index contributed by atoms with van der Waals surface area (Å²) < 4.78 is 24.9. The van der Waals surface area contributed by atoms with Crippen LogP contribution in [-0.2, 0) is 13.9 Å².